The van der Waals surface area contributed by atoms with Crippen LogP contribution in [0, 0.1) is 0 Å². The molecule has 1 fully saturated rings. The molecule has 1 aromatic heterocycles. The zero-order chi connectivity index (χ0) is 16.4. The van der Waals surface area contributed by atoms with Crippen LogP contribution in [-0.2, 0) is 16.6 Å². The summed E-state index contributed by atoms with van der Waals surface area (Å²) in [6.45, 7) is 0.609. The Balaban J connectivity index is 1.80. The fourth-order valence-corrected chi connectivity index (χ4v) is 3.82. The van der Waals surface area contributed by atoms with E-state index in [1.165, 1.54) is 19.2 Å². The van der Waals surface area contributed by atoms with Crippen LogP contribution >= 0.6 is 11.3 Å². The molecule has 1 saturated carbocycles. The van der Waals surface area contributed by atoms with Gasteiger partial charge in [0, 0.05) is 16.5 Å². The third kappa shape index (κ3) is 3.63. The highest BCUT2D eigenvalue weighted by Crippen LogP contribution is 2.30. The van der Waals surface area contributed by atoms with Gasteiger partial charge >= 0.3 is 0 Å². The number of sulfonamides is 1. The first kappa shape index (κ1) is 16.2. The lowest BCUT2D eigenvalue weighted by atomic mass is 10.2. The number of carbonyl (C=O) groups is 1. The summed E-state index contributed by atoms with van der Waals surface area (Å²) in [6, 6.07) is 10.4. The van der Waals surface area contributed by atoms with E-state index in [9.17, 15) is 13.2 Å². The van der Waals surface area contributed by atoms with Gasteiger partial charge in [0.05, 0.1) is 11.4 Å². The average Bonchev–Trinajstić information content (AvgIpc) is 3.28. The molecular formula is C16H18N2O3S2. The molecule has 2 aromatic rings. The minimum Gasteiger partial charge on any atom is -0.331 e. The predicted octanol–water partition coefficient (Wildman–Crippen LogP) is 2.46. The van der Waals surface area contributed by atoms with Gasteiger partial charge in [-0.25, -0.2) is 13.1 Å². The third-order valence-electron chi connectivity index (χ3n) is 3.84. The number of amides is 1. The number of nitrogens with one attached hydrogen (secondary N) is 1. The molecule has 23 heavy (non-hydrogen) atoms. The van der Waals surface area contributed by atoms with E-state index in [2.05, 4.69) is 4.72 Å². The zero-order valence-electron chi connectivity index (χ0n) is 12.7. The van der Waals surface area contributed by atoms with Gasteiger partial charge < -0.3 is 4.90 Å². The number of carbonyl (C=O) groups excluding carboxylic acids is 1. The topological polar surface area (TPSA) is 66.5 Å². The molecule has 1 aromatic carbocycles. The Labute approximate surface area is 140 Å². The lowest BCUT2D eigenvalue weighted by Crippen LogP contribution is -2.32. The fourth-order valence-electron chi connectivity index (χ4n) is 2.38. The molecule has 1 aliphatic carbocycles. The Kier molecular flexibility index (Phi) is 4.52. The Bertz CT molecular complexity index is 779. The summed E-state index contributed by atoms with van der Waals surface area (Å²) in [7, 11) is -2.11. The van der Waals surface area contributed by atoms with Gasteiger partial charge in [0.25, 0.3) is 5.91 Å². The molecule has 122 valence electrons. The molecule has 1 aliphatic rings. The molecule has 0 radical (unpaired) electrons. The Morgan fingerprint density at radius 3 is 2.48 bits per heavy atom. The molecule has 7 heteroatoms. The lowest BCUT2D eigenvalue weighted by molar-refractivity contribution is 0.0731. The summed E-state index contributed by atoms with van der Waals surface area (Å²) >= 11 is 1.64. The van der Waals surface area contributed by atoms with Gasteiger partial charge in [-0.05, 0) is 55.6 Å². The second kappa shape index (κ2) is 6.43. The van der Waals surface area contributed by atoms with Crippen LogP contribution in [0.3, 0.4) is 0 Å². The monoisotopic (exact) mass is 350 g/mol. The minimum absolute atomic E-state index is 0.0469. The van der Waals surface area contributed by atoms with E-state index in [-0.39, 0.29) is 10.8 Å². The van der Waals surface area contributed by atoms with Crippen molar-refractivity contribution in [1.29, 1.82) is 0 Å². The van der Waals surface area contributed by atoms with Gasteiger partial charge in [0.1, 0.15) is 0 Å². The summed E-state index contributed by atoms with van der Waals surface area (Å²) in [5.41, 5.74) is 0.517. The van der Waals surface area contributed by atoms with Crippen molar-refractivity contribution in [3.8, 4) is 0 Å². The van der Waals surface area contributed by atoms with E-state index in [0.29, 0.717) is 18.2 Å². The van der Waals surface area contributed by atoms with Gasteiger partial charge in [0.2, 0.25) is 10.0 Å². The van der Waals surface area contributed by atoms with E-state index < -0.39 is 10.0 Å². The Morgan fingerprint density at radius 1 is 1.26 bits per heavy atom. The van der Waals surface area contributed by atoms with Crippen LogP contribution in [-0.4, -0.2) is 32.3 Å². The number of hydrogen-bond donors (Lipinski definition) is 1. The number of rotatable bonds is 6. The van der Waals surface area contributed by atoms with Gasteiger partial charge in [-0.3, -0.25) is 4.79 Å². The van der Waals surface area contributed by atoms with Gasteiger partial charge in [-0.1, -0.05) is 6.07 Å². The summed E-state index contributed by atoms with van der Waals surface area (Å²) in [6.07, 6.45) is 2.06. The van der Waals surface area contributed by atoms with Gasteiger partial charge in [-0.15, -0.1) is 11.3 Å². The highest BCUT2D eigenvalue weighted by Gasteiger charge is 2.33. The molecule has 0 bridgehead atoms. The second-order valence-electron chi connectivity index (χ2n) is 5.48. The van der Waals surface area contributed by atoms with Crippen molar-refractivity contribution >= 4 is 27.3 Å². The van der Waals surface area contributed by atoms with Crippen LogP contribution in [0.25, 0.3) is 0 Å². The van der Waals surface area contributed by atoms with Crippen LogP contribution in [0.2, 0.25) is 0 Å². The predicted molar refractivity (Wildman–Crippen MR) is 89.9 cm³/mol. The number of benzene rings is 1. The lowest BCUT2D eigenvalue weighted by Gasteiger charge is -2.22. The average molecular weight is 350 g/mol. The first-order chi connectivity index (χ1) is 11.0. The molecule has 0 unspecified atom stereocenters. The smallest absolute Gasteiger partial charge is 0.254 e. The molecule has 5 nitrogen and oxygen atoms in total. The highest BCUT2D eigenvalue weighted by atomic mass is 32.2. The maximum Gasteiger partial charge on any atom is 0.254 e. The van der Waals surface area contributed by atoms with E-state index in [0.717, 1.165) is 17.7 Å². The van der Waals surface area contributed by atoms with Crippen molar-refractivity contribution in [2.45, 2.75) is 30.3 Å². The number of hydrogen-bond acceptors (Lipinski definition) is 4. The summed E-state index contributed by atoms with van der Waals surface area (Å²) in [5, 5.41) is 2.00. The quantitative estimate of drug-likeness (QED) is 0.870. The second-order valence-corrected chi connectivity index (χ2v) is 8.39. The first-order valence-corrected chi connectivity index (χ1v) is 9.74. The minimum atomic E-state index is -3.48. The standard InChI is InChI=1S/C16H18N2O3S2/c1-17-23(20,21)15-8-4-12(5-9-15)16(19)18(13-6-7-13)11-14-3-2-10-22-14/h2-5,8-10,13,17H,6-7,11H2,1H3. The maximum atomic E-state index is 12.7. The summed E-state index contributed by atoms with van der Waals surface area (Å²) < 4.78 is 25.7. The number of thiophene rings is 1. The van der Waals surface area contributed by atoms with Crippen molar-refractivity contribution in [1.82, 2.24) is 9.62 Å². The molecule has 1 heterocycles. The van der Waals surface area contributed by atoms with Crippen LogP contribution in [0.5, 0.6) is 0 Å². The normalized spacial score (nSPS) is 14.7. The zero-order valence-corrected chi connectivity index (χ0v) is 14.4. The molecule has 3 rings (SSSR count). The number of nitrogens with zero attached hydrogens (tertiary/aromatic N) is 1. The van der Waals surface area contributed by atoms with Gasteiger partial charge in [-0.2, -0.15) is 0 Å². The SMILES string of the molecule is CNS(=O)(=O)c1ccc(C(=O)N(Cc2cccs2)C2CC2)cc1. The molecule has 0 spiro atoms. The molecular weight excluding hydrogens is 332 g/mol. The third-order valence-corrected chi connectivity index (χ3v) is 6.13. The van der Waals surface area contributed by atoms with Gasteiger partial charge in [0.15, 0.2) is 0 Å². The molecule has 0 aliphatic heterocycles. The van der Waals surface area contributed by atoms with Crippen LogP contribution < -0.4 is 4.72 Å². The molecule has 1 amide bonds. The van der Waals surface area contributed by atoms with E-state index >= 15 is 0 Å². The van der Waals surface area contributed by atoms with Crippen LogP contribution in [0.15, 0.2) is 46.7 Å². The highest BCUT2D eigenvalue weighted by molar-refractivity contribution is 7.89. The molecule has 1 N–H and O–H groups in total. The van der Waals surface area contributed by atoms with E-state index in [1.807, 2.05) is 22.4 Å². The van der Waals surface area contributed by atoms with Crippen molar-refractivity contribution < 1.29 is 13.2 Å². The first-order valence-electron chi connectivity index (χ1n) is 7.38. The molecule has 0 atom stereocenters. The van der Waals surface area contributed by atoms with Crippen molar-refractivity contribution in [3.63, 3.8) is 0 Å². The van der Waals surface area contributed by atoms with Crippen molar-refractivity contribution in [2.75, 3.05) is 7.05 Å². The summed E-state index contributed by atoms with van der Waals surface area (Å²) in [4.78, 5) is 15.9. The van der Waals surface area contributed by atoms with E-state index in [4.69, 9.17) is 0 Å². The van der Waals surface area contributed by atoms with Crippen molar-refractivity contribution in [3.05, 3.63) is 52.2 Å². The fraction of sp³-hybridized carbons (Fsp3) is 0.312. The molecule has 0 saturated heterocycles. The van der Waals surface area contributed by atoms with Crippen molar-refractivity contribution in [2.24, 2.45) is 0 Å². The Morgan fingerprint density at radius 2 is 1.96 bits per heavy atom. The van der Waals surface area contributed by atoms with Crippen LogP contribution in [0.4, 0.5) is 0 Å². The van der Waals surface area contributed by atoms with E-state index in [1.54, 1.807) is 23.5 Å². The van der Waals surface area contributed by atoms with Crippen LogP contribution in [0.1, 0.15) is 28.1 Å². The largest absolute Gasteiger partial charge is 0.331 e. The summed E-state index contributed by atoms with van der Waals surface area (Å²) in [5.74, 6) is -0.0469. The maximum absolute atomic E-state index is 12.7. The Hall–Kier alpha value is -1.70.